The standard InChI is InChI=1S/C28H55N3O2/c1-3-5-7-9-11-12-14-16-18-20-28(33)31-25-23-30(24-26-31)22-21-29-27(32)19-17-15-13-10-8-6-4-2/h3-26H2,1-2H3,(H,29,32). The molecule has 5 heteroatoms. The maximum absolute atomic E-state index is 12.5. The number of nitrogens with one attached hydrogen (secondary N) is 1. The lowest BCUT2D eigenvalue weighted by Gasteiger charge is -2.34. The summed E-state index contributed by atoms with van der Waals surface area (Å²) in [6.07, 6.45) is 21.7. The van der Waals surface area contributed by atoms with Crippen molar-refractivity contribution in [3.63, 3.8) is 0 Å². The Hall–Kier alpha value is -1.10. The predicted octanol–water partition coefficient (Wildman–Crippen LogP) is 6.31. The highest BCUT2D eigenvalue weighted by Gasteiger charge is 2.20. The molecule has 0 radical (unpaired) electrons. The molecule has 0 aliphatic carbocycles. The van der Waals surface area contributed by atoms with Crippen molar-refractivity contribution >= 4 is 11.8 Å². The fraction of sp³-hybridized carbons (Fsp3) is 0.929. The van der Waals surface area contributed by atoms with Crippen LogP contribution in [0.4, 0.5) is 0 Å². The van der Waals surface area contributed by atoms with Crippen LogP contribution in [0.15, 0.2) is 0 Å². The van der Waals surface area contributed by atoms with Crippen LogP contribution in [0.3, 0.4) is 0 Å². The van der Waals surface area contributed by atoms with Crippen molar-refractivity contribution in [3.05, 3.63) is 0 Å². The molecule has 33 heavy (non-hydrogen) atoms. The molecule has 1 aliphatic rings. The Morgan fingerprint density at radius 3 is 1.58 bits per heavy atom. The quantitative estimate of drug-likeness (QED) is 0.202. The van der Waals surface area contributed by atoms with Gasteiger partial charge in [-0.3, -0.25) is 14.5 Å². The smallest absolute Gasteiger partial charge is 0.222 e. The third-order valence-corrected chi connectivity index (χ3v) is 6.98. The summed E-state index contributed by atoms with van der Waals surface area (Å²) in [5, 5.41) is 3.07. The van der Waals surface area contributed by atoms with Gasteiger partial charge in [-0.1, -0.05) is 104 Å². The largest absolute Gasteiger partial charge is 0.355 e. The summed E-state index contributed by atoms with van der Waals surface area (Å²) in [6, 6.07) is 0. The second-order valence-electron chi connectivity index (χ2n) is 10.0. The third kappa shape index (κ3) is 17.1. The van der Waals surface area contributed by atoms with E-state index in [1.807, 2.05) is 4.90 Å². The number of nitrogens with zero attached hydrogens (tertiary/aromatic N) is 2. The number of carbonyl (C=O) groups is 2. The number of hydrogen-bond acceptors (Lipinski definition) is 3. The molecule has 5 nitrogen and oxygen atoms in total. The van der Waals surface area contributed by atoms with Crippen molar-refractivity contribution < 1.29 is 9.59 Å². The highest BCUT2D eigenvalue weighted by molar-refractivity contribution is 5.76. The maximum Gasteiger partial charge on any atom is 0.222 e. The van der Waals surface area contributed by atoms with Crippen LogP contribution in [0.5, 0.6) is 0 Å². The molecule has 1 saturated heterocycles. The predicted molar refractivity (Wildman–Crippen MR) is 140 cm³/mol. The van der Waals surface area contributed by atoms with Gasteiger partial charge in [0, 0.05) is 52.1 Å². The van der Waals surface area contributed by atoms with E-state index in [-0.39, 0.29) is 5.91 Å². The van der Waals surface area contributed by atoms with E-state index >= 15 is 0 Å². The molecule has 2 amide bonds. The number of rotatable bonds is 21. The van der Waals surface area contributed by atoms with Crippen LogP contribution in [-0.2, 0) is 9.59 Å². The number of piperazine rings is 1. The van der Waals surface area contributed by atoms with Crippen LogP contribution >= 0.6 is 0 Å². The Labute approximate surface area is 205 Å². The van der Waals surface area contributed by atoms with Crippen LogP contribution in [0.25, 0.3) is 0 Å². The Balaban J connectivity index is 1.94. The molecule has 1 fully saturated rings. The van der Waals surface area contributed by atoms with Crippen molar-refractivity contribution in [1.82, 2.24) is 15.1 Å². The lowest BCUT2D eigenvalue weighted by Crippen LogP contribution is -2.50. The summed E-state index contributed by atoms with van der Waals surface area (Å²) < 4.78 is 0. The number of unbranched alkanes of at least 4 members (excludes halogenated alkanes) is 14. The minimum absolute atomic E-state index is 0.193. The van der Waals surface area contributed by atoms with Crippen LogP contribution in [0, 0.1) is 0 Å². The van der Waals surface area contributed by atoms with E-state index in [2.05, 4.69) is 24.1 Å². The van der Waals surface area contributed by atoms with Crippen molar-refractivity contribution in [2.75, 3.05) is 39.3 Å². The minimum Gasteiger partial charge on any atom is -0.355 e. The van der Waals surface area contributed by atoms with Crippen molar-refractivity contribution in [3.8, 4) is 0 Å². The summed E-state index contributed by atoms with van der Waals surface area (Å²) in [5.74, 6) is 0.527. The monoisotopic (exact) mass is 465 g/mol. The van der Waals surface area contributed by atoms with Crippen molar-refractivity contribution in [2.45, 2.75) is 129 Å². The van der Waals surface area contributed by atoms with Gasteiger partial charge in [0.2, 0.25) is 11.8 Å². The first kappa shape index (κ1) is 29.9. The first-order valence-corrected chi connectivity index (χ1v) is 14.4. The van der Waals surface area contributed by atoms with Crippen LogP contribution in [-0.4, -0.2) is 60.9 Å². The van der Waals surface area contributed by atoms with Crippen LogP contribution < -0.4 is 5.32 Å². The average molecular weight is 466 g/mol. The highest BCUT2D eigenvalue weighted by Crippen LogP contribution is 2.12. The van der Waals surface area contributed by atoms with Crippen molar-refractivity contribution in [2.24, 2.45) is 0 Å². The normalized spacial score (nSPS) is 14.5. The zero-order chi connectivity index (χ0) is 24.0. The van der Waals surface area contributed by atoms with Crippen LogP contribution in [0.1, 0.15) is 129 Å². The average Bonchev–Trinajstić information content (AvgIpc) is 2.82. The van der Waals surface area contributed by atoms with Gasteiger partial charge in [-0.2, -0.15) is 0 Å². The van der Waals surface area contributed by atoms with Gasteiger partial charge >= 0.3 is 0 Å². The summed E-state index contributed by atoms with van der Waals surface area (Å²) in [5.41, 5.74) is 0. The summed E-state index contributed by atoms with van der Waals surface area (Å²) in [4.78, 5) is 28.9. The van der Waals surface area contributed by atoms with Gasteiger partial charge in [0.15, 0.2) is 0 Å². The lowest BCUT2D eigenvalue weighted by molar-refractivity contribution is -0.133. The maximum atomic E-state index is 12.5. The first-order chi connectivity index (χ1) is 16.2. The molecular weight excluding hydrogens is 410 g/mol. The summed E-state index contributed by atoms with van der Waals surface area (Å²) in [6.45, 7) is 9.64. The Morgan fingerprint density at radius 2 is 1.06 bits per heavy atom. The molecule has 1 N–H and O–H groups in total. The van der Waals surface area contributed by atoms with Gasteiger partial charge in [-0.05, 0) is 12.8 Å². The molecule has 0 atom stereocenters. The van der Waals surface area contributed by atoms with Gasteiger partial charge in [0.05, 0.1) is 0 Å². The zero-order valence-electron chi connectivity index (χ0n) is 22.2. The van der Waals surface area contributed by atoms with Gasteiger partial charge in [0.1, 0.15) is 0 Å². The van der Waals surface area contributed by atoms with Gasteiger partial charge in [-0.15, -0.1) is 0 Å². The molecular formula is C28H55N3O2. The molecule has 0 aromatic carbocycles. The van der Waals surface area contributed by atoms with E-state index in [0.717, 1.165) is 52.1 Å². The second kappa shape index (κ2) is 21.4. The van der Waals surface area contributed by atoms with Gasteiger partial charge in [0.25, 0.3) is 0 Å². The molecule has 1 heterocycles. The summed E-state index contributed by atoms with van der Waals surface area (Å²) >= 11 is 0. The van der Waals surface area contributed by atoms with E-state index in [9.17, 15) is 9.59 Å². The highest BCUT2D eigenvalue weighted by atomic mass is 16.2. The van der Waals surface area contributed by atoms with E-state index in [0.29, 0.717) is 18.7 Å². The molecule has 0 unspecified atom stereocenters. The fourth-order valence-electron chi connectivity index (χ4n) is 4.65. The topological polar surface area (TPSA) is 52.7 Å². The molecule has 194 valence electrons. The second-order valence-corrected chi connectivity index (χ2v) is 10.0. The fourth-order valence-corrected chi connectivity index (χ4v) is 4.65. The van der Waals surface area contributed by atoms with Gasteiger partial charge < -0.3 is 10.2 Å². The van der Waals surface area contributed by atoms with Crippen LogP contribution in [0.2, 0.25) is 0 Å². The number of hydrogen-bond donors (Lipinski definition) is 1. The number of amides is 2. The Morgan fingerprint density at radius 1 is 0.606 bits per heavy atom. The molecule has 1 aliphatic heterocycles. The first-order valence-electron chi connectivity index (χ1n) is 14.4. The Kier molecular flexibility index (Phi) is 19.4. The molecule has 0 bridgehead atoms. The van der Waals surface area contributed by atoms with Gasteiger partial charge in [-0.25, -0.2) is 0 Å². The lowest BCUT2D eigenvalue weighted by atomic mass is 10.1. The third-order valence-electron chi connectivity index (χ3n) is 6.98. The summed E-state index contributed by atoms with van der Waals surface area (Å²) in [7, 11) is 0. The van der Waals surface area contributed by atoms with E-state index in [4.69, 9.17) is 0 Å². The molecule has 0 aromatic rings. The van der Waals surface area contributed by atoms with Crippen molar-refractivity contribution in [1.29, 1.82) is 0 Å². The molecule has 1 rings (SSSR count). The Bertz CT molecular complexity index is 476. The molecule has 0 spiro atoms. The SMILES string of the molecule is CCCCCCCCCCCC(=O)N1CCN(CCNC(=O)CCCCCCCCC)CC1. The minimum atomic E-state index is 0.193. The molecule has 0 saturated carbocycles. The zero-order valence-corrected chi connectivity index (χ0v) is 22.2. The number of carbonyl (C=O) groups excluding carboxylic acids is 2. The van der Waals surface area contributed by atoms with E-state index < -0.39 is 0 Å². The van der Waals surface area contributed by atoms with E-state index in [1.54, 1.807) is 0 Å². The molecule has 0 aromatic heterocycles. The van der Waals surface area contributed by atoms with E-state index in [1.165, 1.54) is 89.9 Å².